The number of urea groups is 1. The summed E-state index contributed by atoms with van der Waals surface area (Å²) < 4.78 is 7.98. The first-order chi connectivity index (χ1) is 12.8. The number of amidine groups is 1. The van der Waals surface area contributed by atoms with Crippen molar-refractivity contribution >= 4 is 29.7 Å². The minimum atomic E-state index is -0.800. The van der Waals surface area contributed by atoms with Gasteiger partial charge < -0.3 is 4.74 Å². The lowest BCUT2D eigenvalue weighted by molar-refractivity contribution is -0.507. The van der Waals surface area contributed by atoms with Gasteiger partial charge in [-0.1, -0.05) is 18.8 Å². The average Bonchev–Trinajstić information content (AvgIpc) is 3.23. The quantitative estimate of drug-likeness (QED) is 0.531. The molecule has 3 rings (SSSR count). The second-order valence-electron chi connectivity index (χ2n) is 6.37. The molecule has 0 aromatic carbocycles. The van der Waals surface area contributed by atoms with E-state index in [1.807, 2.05) is 19.9 Å². The number of aryl methyl sites for hydroxylation is 2. The van der Waals surface area contributed by atoms with Crippen molar-refractivity contribution in [3.05, 3.63) is 17.5 Å². The minimum absolute atomic E-state index is 0.319. The highest BCUT2D eigenvalue weighted by Gasteiger charge is 2.52. The van der Waals surface area contributed by atoms with Crippen molar-refractivity contribution in [2.24, 2.45) is 4.99 Å². The van der Waals surface area contributed by atoms with Crippen LogP contribution in [-0.4, -0.2) is 87.7 Å². The Labute approximate surface area is 156 Å². The van der Waals surface area contributed by atoms with E-state index < -0.39 is 30.5 Å². The number of amides is 3. The van der Waals surface area contributed by atoms with Gasteiger partial charge in [-0.3, -0.25) is 14.5 Å². The van der Waals surface area contributed by atoms with Crippen LogP contribution in [0.1, 0.15) is 25.2 Å². The Bertz CT molecular complexity index is 884. The summed E-state index contributed by atoms with van der Waals surface area (Å²) in [5.74, 6) is -0.386. The van der Waals surface area contributed by atoms with Crippen LogP contribution >= 0.6 is 0 Å². The second-order valence-corrected chi connectivity index (χ2v) is 6.37. The van der Waals surface area contributed by atoms with Crippen molar-refractivity contribution in [2.75, 3.05) is 27.7 Å². The standard InChI is InChI=1S/C17H23N6O4/c1-6-10-8-11(7-2)23(19-10)16-18-14-13(20(16)3)15(25)22(9-12(24)27-5)17(26)21(14)4/h8,13H,6-7,9H2,1-5H3/q+1. The zero-order valence-corrected chi connectivity index (χ0v) is 16.1. The Morgan fingerprint density at radius 2 is 2.00 bits per heavy atom. The molecule has 10 heteroatoms. The summed E-state index contributed by atoms with van der Waals surface area (Å²) >= 11 is 0. The van der Waals surface area contributed by atoms with Gasteiger partial charge >= 0.3 is 18.0 Å². The molecule has 1 saturated heterocycles. The molecule has 1 fully saturated rings. The highest BCUT2D eigenvalue weighted by Crippen LogP contribution is 2.20. The van der Waals surface area contributed by atoms with Gasteiger partial charge in [0, 0.05) is 13.5 Å². The van der Waals surface area contributed by atoms with Gasteiger partial charge in [-0.05, 0) is 12.5 Å². The molecule has 3 heterocycles. The molecule has 10 nitrogen and oxygen atoms in total. The Kier molecular flexibility index (Phi) is 4.81. The summed E-state index contributed by atoms with van der Waals surface area (Å²) in [4.78, 5) is 43.8. The molecule has 0 aliphatic carbocycles. The first-order valence-corrected chi connectivity index (χ1v) is 8.76. The summed E-state index contributed by atoms with van der Waals surface area (Å²) in [7, 11) is 4.46. The lowest BCUT2D eigenvalue weighted by Gasteiger charge is -2.32. The number of hydrogen-bond acceptors (Lipinski definition) is 6. The van der Waals surface area contributed by atoms with Crippen molar-refractivity contribution in [2.45, 2.75) is 32.7 Å². The predicted octanol–water partition coefficient (Wildman–Crippen LogP) is -0.298. The number of imide groups is 1. The Hall–Kier alpha value is -3.04. The maximum atomic E-state index is 12.9. The van der Waals surface area contributed by atoms with Crippen LogP contribution in [0.5, 0.6) is 0 Å². The number of carbonyl (C=O) groups is 3. The van der Waals surface area contributed by atoms with E-state index in [1.54, 1.807) is 16.3 Å². The predicted molar refractivity (Wildman–Crippen MR) is 95.7 cm³/mol. The number of nitrogens with zero attached hydrogens (tertiary/aromatic N) is 6. The van der Waals surface area contributed by atoms with E-state index in [-0.39, 0.29) is 0 Å². The van der Waals surface area contributed by atoms with E-state index in [2.05, 4.69) is 14.8 Å². The van der Waals surface area contributed by atoms with Gasteiger partial charge in [0.25, 0.3) is 5.91 Å². The van der Waals surface area contributed by atoms with Gasteiger partial charge in [0.05, 0.1) is 19.9 Å². The number of aromatic nitrogens is 2. The van der Waals surface area contributed by atoms with Gasteiger partial charge in [0.1, 0.15) is 12.2 Å². The average molecular weight is 375 g/mol. The highest BCUT2D eigenvalue weighted by atomic mass is 16.5. The fourth-order valence-electron chi connectivity index (χ4n) is 3.20. The number of ether oxygens (including phenoxy) is 1. The van der Waals surface area contributed by atoms with E-state index in [1.165, 1.54) is 19.1 Å². The van der Waals surface area contributed by atoms with E-state index in [9.17, 15) is 14.4 Å². The fraction of sp³-hybridized carbons (Fsp3) is 0.529. The third-order valence-corrected chi connectivity index (χ3v) is 4.79. The molecular weight excluding hydrogens is 352 g/mol. The van der Waals surface area contributed by atoms with E-state index in [4.69, 9.17) is 0 Å². The van der Waals surface area contributed by atoms with Gasteiger partial charge in [-0.2, -0.15) is 0 Å². The van der Waals surface area contributed by atoms with Gasteiger partial charge in [0.2, 0.25) is 11.9 Å². The molecule has 144 valence electrons. The fourth-order valence-corrected chi connectivity index (χ4v) is 3.20. The highest BCUT2D eigenvalue weighted by molar-refractivity contribution is 6.23. The van der Waals surface area contributed by atoms with Crippen LogP contribution in [-0.2, 0) is 27.2 Å². The third kappa shape index (κ3) is 2.90. The number of hydrogen-bond donors (Lipinski definition) is 0. The maximum absolute atomic E-state index is 12.9. The Morgan fingerprint density at radius 3 is 2.59 bits per heavy atom. The van der Waals surface area contributed by atoms with Crippen LogP contribution < -0.4 is 0 Å². The molecule has 2 aliphatic rings. The minimum Gasteiger partial charge on any atom is -0.468 e. The Balaban J connectivity index is 2.05. The zero-order valence-electron chi connectivity index (χ0n) is 16.1. The number of likely N-dealkylation sites (N-methyl/N-ethyl adjacent to an activating group) is 2. The van der Waals surface area contributed by atoms with Crippen molar-refractivity contribution in [1.29, 1.82) is 0 Å². The topological polar surface area (TPSA) is 100 Å². The van der Waals surface area contributed by atoms with Crippen LogP contribution in [0.4, 0.5) is 4.79 Å². The van der Waals surface area contributed by atoms with Crippen molar-refractivity contribution in [1.82, 2.24) is 19.6 Å². The summed E-state index contributed by atoms with van der Waals surface area (Å²) in [6.45, 7) is 3.59. The number of esters is 1. The summed E-state index contributed by atoms with van der Waals surface area (Å²) in [5, 5.41) is 4.57. The summed E-state index contributed by atoms with van der Waals surface area (Å²) in [5.41, 5.74) is 1.88. The molecule has 0 spiro atoms. The lowest BCUT2D eigenvalue weighted by atomic mass is 10.1. The molecular formula is C17H23N6O4+. The normalized spacial score (nSPS) is 19.6. The molecule has 1 atom stereocenters. The molecule has 1 aromatic heterocycles. The van der Waals surface area contributed by atoms with E-state index >= 15 is 0 Å². The first kappa shape index (κ1) is 18.7. The maximum Gasteiger partial charge on any atom is 0.421 e. The molecule has 3 amide bonds. The number of rotatable bonds is 4. The van der Waals surface area contributed by atoms with Crippen LogP contribution in [0.15, 0.2) is 11.1 Å². The van der Waals surface area contributed by atoms with Crippen LogP contribution in [0.3, 0.4) is 0 Å². The molecule has 27 heavy (non-hydrogen) atoms. The first-order valence-electron chi connectivity index (χ1n) is 8.76. The van der Waals surface area contributed by atoms with Crippen molar-refractivity contribution in [3.8, 4) is 0 Å². The zero-order chi connectivity index (χ0) is 19.9. The Morgan fingerprint density at radius 1 is 1.30 bits per heavy atom. The van der Waals surface area contributed by atoms with E-state index in [0.717, 1.165) is 29.1 Å². The molecule has 0 radical (unpaired) electrons. The number of carbonyl (C=O) groups excluding carboxylic acids is 3. The van der Waals surface area contributed by atoms with Gasteiger partial charge in [-0.25, -0.2) is 14.3 Å². The molecule has 0 N–H and O–H groups in total. The molecule has 0 saturated carbocycles. The molecule has 2 aliphatic heterocycles. The molecule has 1 aromatic rings. The molecule has 1 unspecified atom stereocenters. The lowest BCUT2D eigenvalue weighted by Crippen LogP contribution is -2.63. The second kappa shape index (κ2) is 6.93. The van der Waals surface area contributed by atoms with Crippen LogP contribution in [0, 0.1) is 0 Å². The SMILES string of the molecule is CCc1cc(CC)n(C2=[N+](C)C3C(=O)N(CC(=O)OC)C(=O)N(C)C3=N2)n1. The van der Waals surface area contributed by atoms with Gasteiger partial charge in [-0.15, -0.1) is 9.78 Å². The van der Waals surface area contributed by atoms with Crippen molar-refractivity contribution < 1.29 is 23.7 Å². The monoisotopic (exact) mass is 375 g/mol. The number of fused-ring (bicyclic) bond motifs is 1. The largest absolute Gasteiger partial charge is 0.468 e. The number of methoxy groups -OCH3 is 1. The smallest absolute Gasteiger partial charge is 0.421 e. The molecule has 0 bridgehead atoms. The van der Waals surface area contributed by atoms with Gasteiger partial charge in [0.15, 0.2) is 0 Å². The third-order valence-electron chi connectivity index (χ3n) is 4.79. The summed E-state index contributed by atoms with van der Waals surface area (Å²) in [6.07, 6.45) is 1.53. The van der Waals surface area contributed by atoms with Crippen LogP contribution in [0.2, 0.25) is 0 Å². The number of aliphatic imine (C=N–C) groups is 1. The van der Waals surface area contributed by atoms with Crippen LogP contribution in [0.25, 0.3) is 0 Å². The van der Waals surface area contributed by atoms with Crippen molar-refractivity contribution in [3.63, 3.8) is 0 Å². The van der Waals surface area contributed by atoms with E-state index in [0.29, 0.717) is 11.8 Å². The summed E-state index contributed by atoms with van der Waals surface area (Å²) in [6, 6.07) is 0.593.